The Balaban J connectivity index is 1.92. The number of hydrogen-bond donors (Lipinski definition) is 2. The van der Waals surface area contributed by atoms with Crippen molar-refractivity contribution in [2.45, 2.75) is 25.8 Å². The Morgan fingerprint density at radius 3 is 3.04 bits per heavy atom. The summed E-state index contributed by atoms with van der Waals surface area (Å²) in [6.45, 7) is 2.45. The summed E-state index contributed by atoms with van der Waals surface area (Å²) in [5.74, 6) is 1.80. The van der Waals surface area contributed by atoms with Gasteiger partial charge in [-0.3, -0.25) is 9.79 Å². The molecule has 6 nitrogen and oxygen atoms in total. The van der Waals surface area contributed by atoms with E-state index >= 15 is 0 Å². The molecule has 1 aromatic carbocycles. The first-order valence-electron chi connectivity index (χ1n) is 7.99. The Kier molecular flexibility index (Phi) is 6.26. The number of hydrogen-bond acceptors (Lipinski definition) is 3. The van der Waals surface area contributed by atoms with E-state index in [4.69, 9.17) is 10.5 Å². The molecule has 0 radical (unpaired) electrons. The van der Waals surface area contributed by atoms with Crippen LogP contribution in [0.1, 0.15) is 24.8 Å². The highest BCUT2D eigenvalue weighted by atomic mass is 16.5. The van der Waals surface area contributed by atoms with E-state index in [2.05, 4.69) is 21.3 Å². The van der Waals surface area contributed by atoms with E-state index in [9.17, 15) is 4.79 Å². The van der Waals surface area contributed by atoms with E-state index in [-0.39, 0.29) is 5.91 Å². The number of methoxy groups -OCH3 is 1. The number of ether oxygens (including phenoxy) is 1. The number of guanidine groups is 1. The van der Waals surface area contributed by atoms with Crippen molar-refractivity contribution in [2.24, 2.45) is 16.6 Å². The van der Waals surface area contributed by atoms with Crippen LogP contribution in [0.15, 0.2) is 29.3 Å². The van der Waals surface area contributed by atoms with Gasteiger partial charge in [0.25, 0.3) is 0 Å². The molecule has 1 aromatic rings. The van der Waals surface area contributed by atoms with Crippen molar-refractivity contribution >= 4 is 11.9 Å². The summed E-state index contributed by atoms with van der Waals surface area (Å²) in [6.07, 6.45) is 2.55. The highest BCUT2D eigenvalue weighted by Gasteiger charge is 2.23. The second kappa shape index (κ2) is 8.41. The van der Waals surface area contributed by atoms with Gasteiger partial charge in [0.15, 0.2) is 5.96 Å². The minimum absolute atomic E-state index is 0.226. The molecule has 3 N–H and O–H groups in total. The number of rotatable bonds is 5. The third-order valence-electron chi connectivity index (χ3n) is 4.10. The Labute approximate surface area is 137 Å². The SMILES string of the molecule is CN=C(NCc1cccc(OC)c1)N1CCCC(CC(N)=O)C1. The first-order valence-corrected chi connectivity index (χ1v) is 7.99. The lowest BCUT2D eigenvalue weighted by Crippen LogP contribution is -2.46. The fourth-order valence-electron chi connectivity index (χ4n) is 3.00. The number of nitrogens with zero attached hydrogens (tertiary/aromatic N) is 2. The molecule has 0 aromatic heterocycles. The maximum Gasteiger partial charge on any atom is 0.217 e. The van der Waals surface area contributed by atoms with Crippen LogP contribution in [0, 0.1) is 5.92 Å². The Morgan fingerprint density at radius 2 is 2.35 bits per heavy atom. The number of carbonyl (C=O) groups excluding carboxylic acids is 1. The Morgan fingerprint density at radius 1 is 1.52 bits per heavy atom. The molecule has 1 atom stereocenters. The van der Waals surface area contributed by atoms with E-state index < -0.39 is 0 Å². The van der Waals surface area contributed by atoms with Crippen LogP contribution in [0.2, 0.25) is 0 Å². The van der Waals surface area contributed by atoms with Gasteiger partial charge in [0.2, 0.25) is 5.91 Å². The highest BCUT2D eigenvalue weighted by Crippen LogP contribution is 2.19. The van der Waals surface area contributed by atoms with E-state index in [0.29, 0.717) is 18.9 Å². The zero-order valence-electron chi connectivity index (χ0n) is 13.9. The van der Waals surface area contributed by atoms with Crippen molar-refractivity contribution in [1.29, 1.82) is 0 Å². The summed E-state index contributed by atoms with van der Waals surface area (Å²) in [6, 6.07) is 7.96. The van der Waals surface area contributed by atoms with E-state index in [1.54, 1.807) is 14.2 Å². The van der Waals surface area contributed by atoms with Crippen LogP contribution in [0.3, 0.4) is 0 Å². The van der Waals surface area contributed by atoms with Gasteiger partial charge in [-0.1, -0.05) is 12.1 Å². The summed E-state index contributed by atoms with van der Waals surface area (Å²) in [7, 11) is 3.45. The number of nitrogens with one attached hydrogen (secondary N) is 1. The molecule has 0 saturated carbocycles. The maximum atomic E-state index is 11.1. The van der Waals surface area contributed by atoms with E-state index in [1.807, 2.05) is 18.2 Å². The van der Waals surface area contributed by atoms with Crippen molar-refractivity contribution in [2.75, 3.05) is 27.2 Å². The normalized spacial score (nSPS) is 18.6. The quantitative estimate of drug-likeness (QED) is 0.634. The average molecular weight is 318 g/mol. The molecule has 1 unspecified atom stereocenters. The predicted octanol–water partition coefficient (Wildman–Crippen LogP) is 1.36. The molecule has 6 heteroatoms. The molecule has 1 aliphatic rings. The third-order valence-corrected chi connectivity index (χ3v) is 4.10. The molecule has 0 spiro atoms. The number of primary amides is 1. The largest absolute Gasteiger partial charge is 0.497 e. The second-order valence-electron chi connectivity index (χ2n) is 5.88. The van der Waals surface area contributed by atoms with Crippen LogP contribution in [-0.2, 0) is 11.3 Å². The van der Waals surface area contributed by atoms with E-state index in [0.717, 1.165) is 43.2 Å². The van der Waals surface area contributed by atoms with Crippen LogP contribution in [0.5, 0.6) is 5.75 Å². The molecule has 0 bridgehead atoms. The average Bonchev–Trinajstić information content (AvgIpc) is 2.55. The molecule has 1 saturated heterocycles. The first-order chi connectivity index (χ1) is 11.1. The minimum atomic E-state index is -0.226. The molecular weight excluding hydrogens is 292 g/mol. The molecule has 0 aliphatic carbocycles. The summed E-state index contributed by atoms with van der Waals surface area (Å²) in [4.78, 5) is 17.7. The fourth-order valence-corrected chi connectivity index (χ4v) is 3.00. The van der Waals surface area contributed by atoms with Gasteiger partial charge in [-0.15, -0.1) is 0 Å². The minimum Gasteiger partial charge on any atom is -0.497 e. The van der Waals surface area contributed by atoms with Crippen molar-refractivity contribution in [1.82, 2.24) is 10.2 Å². The van der Waals surface area contributed by atoms with Crippen LogP contribution in [0.4, 0.5) is 0 Å². The molecule has 1 fully saturated rings. The number of amides is 1. The highest BCUT2D eigenvalue weighted by molar-refractivity contribution is 5.80. The smallest absolute Gasteiger partial charge is 0.217 e. The lowest BCUT2D eigenvalue weighted by molar-refractivity contribution is -0.119. The van der Waals surface area contributed by atoms with Gasteiger partial charge in [-0.05, 0) is 36.5 Å². The number of carbonyl (C=O) groups is 1. The maximum absolute atomic E-state index is 11.1. The summed E-state index contributed by atoms with van der Waals surface area (Å²) < 4.78 is 5.24. The zero-order valence-corrected chi connectivity index (χ0v) is 13.9. The number of aliphatic imine (C=N–C) groups is 1. The summed E-state index contributed by atoms with van der Waals surface area (Å²) >= 11 is 0. The third kappa shape index (κ3) is 5.16. The van der Waals surface area contributed by atoms with Crippen LogP contribution < -0.4 is 15.8 Å². The van der Waals surface area contributed by atoms with Crippen LogP contribution in [-0.4, -0.2) is 44.0 Å². The summed E-state index contributed by atoms with van der Waals surface area (Å²) in [5, 5.41) is 3.38. The second-order valence-corrected chi connectivity index (χ2v) is 5.88. The lowest BCUT2D eigenvalue weighted by atomic mass is 9.95. The van der Waals surface area contributed by atoms with Gasteiger partial charge < -0.3 is 20.7 Å². The van der Waals surface area contributed by atoms with Crippen molar-refractivity contribution in [3.63, 3.8) is 0 Å². The molecule has 126 valence electrons. The van der Waals surface area contributed by atoms with Gasteiger partial charge in [0, 0.05) is 33.1 Å². The van der Waals surface area contributed by atoms with Gasteiger partial charge >= 0.3 is 0 Å². The number of nitrogens with two attached hydrogens (primary N) is 1. The monoisotopic (exact) mass is 318 g/mol. The predicted molar refractivity (Wildman–Crippen MR) is 91.3 cm³/mol. The molecule has 2 rings (SSSR count). The zero-order chi connectivity index (χ0) is 16.7. The molecule has 1 aliphatic heterocycles. The van der Waals surface area contributed by atoms with Gasteiger partial charge in [-0.25, -0.2) is 0 Å². The lowest BCUT2D eigenvalue weighted by Gasteiger charge is -2.34. The van der Waals surface area contributed by atoms with Crippen molar-refractivity contribution in [3.05, 3.63) is 29.8 Å². The van der Waals surface area contributed by atoms with Crippen molar-refractivity contribution < 1.29 is 9.53 Å². The van der Waals surface area contributed by atoms with Gasteiger partial charge in [0.05, 0.1) is 7.11 Å². The Bertz CT molecular complexity index is 559. The number of likely N-dealkylation sites (tertiary alicyclic amines) is 1. The van der Waals surface area contributed by atoms with Crippen LogP contribution >= 0.6 is 0 Å². The topological polar surface area (TPSA) is 80.0 Å². The number of benzene rings is 1. The fraction of sp³-hybridized carbons (Fsp3) is 0.529. The van der Waals surface area contributed by atoms with E-state index in [1.165, 1.54) is 0 Å². The first kappa shape index (κ1) is 17.1. The molecular formula is C17H26N4O2. The Hall–Kier alpha value is -2.24. The number of piperidine rings is 1. The molecule has 1 amide bonds. The van der Waals surface area contributed by atoms with Gasteiger partial charge in [-0.2, -0.15) is 0 Å². The van der Waals surface area contributed by atoms with Crippen LogP contribution in [0.25, 0.3) is 0 Å². The van der Waals surface area contributed by atoms with Crippen molar-refractivity contribution in [3.8, 4) is 5.75 Å². The summed E-state index contributed by atoms with van der Waals surface area (Å²) in [5.41, 5.74) is 6.46. The van der Waals surface area contributed by atoms with Gasteiger partial charge in [0.1, 0.15) is 5.75 Å². The molecule has 23 heavy (non-hydrogen) atoms. The standard InChI is InChI=1S/C17H26N4O2/c1-19-17(20-11-13-5-3-7-15(9-13)23-2)21-8-4-6-14(12-21)10-16(18)22/h3,5,7,9,14H,4,6,8,10-12H2,1-2H3,(H2,18,22)(H,19,20). The molecule has 1 heterocycles.